The molecule has 1 aliphatic heterocycles. The second kappa shape index (κ2) is 9.08. The number of aliphatic hydroxyl groups excluding tert-OH is 1. The third-order valence-electron chi connectivity index (χ3n) is 5.54. The van der Waals surface area contributed by atoms with Gasteiger partial charge >= 0.3 is 0 Å². The van der Waals surface area contributed by atoms with E-state index < -0.39 is 11.0 Å². The van der Waals surface area contributed by atoms with Crippen LogP contribution < -0.4 is 5.73 Å². The number of piperidine rings is 1. The van der Waals surface area contributed by atoms with Gasteiger partial charge in [-0.15, -0.1) is 0 Å². The number of nitro groups is 1. The standard InChI is InChI=1S/C21H27N3O3/c22-15-20(21(25)18-6-8-19(9-7-18)24(26)27)23-12-10-17(11-13-23)14-16-4-2-1-3-5-16/h1-9,17,20-21,25H,10-15,22H2. The Morgan fingerprint density at radius 1 is 1.11 bits per heavy atom. The summed E-state index contributed by atoms with van der Waals surface area (Å²) in [5.41, 5.74) is 8.03. The van der Waals surface area contributed by atoms with Crippen LogP contribution in [0.1, 0.15) is 30.1 Å². The molecule has 0 spiro atoms. The summed E-state index contributed by atoms with van der Waals surface area (Å²) in [6.45, 7) is 2.16. The zero-order valence-corrected chi connectivity index (χ0v) is 15.4. The minimum Gasteiger partial charge on any atom is -0.387 e. The number of aliphatic hydroxyl groups is 1. The summed E-state index contributed by atoms with van der Waals surface area (Å²) in [4.78, 5) is 12.6. The Labute approximate surface area is 159 Å². The predicted octanol–water partition coefficient (Wildman–Crippen LogP) is 2.91. The number of nitro benzene ring substituents is 1. The van der Waals surface area contributed by atoms with Crippen molar-refractivity contribution >= 4 is 5.69 Å². The Hall–Kier alpha value is -2.28. The Balaban J connectivity index is 1.58. The fourth-order valence-electron chi connectivity index (χ4n) is 3.93. The second-order valence-corrected chi connectivity index (χ2v) is 7.27. The Kier molecular flexibility index (Phi) is 6.55. The van der Waals surface area contributed by atoms with Crippen LogP contribution in [0.3, 0.4) is 0 Å². The van der Waals surface area contributed by atoms with Gasteiger partial charge in [0.05, 0.1) is 17.1 Å². The number of rotatable bonds is 7. The van der Waals surface area contributed by atoms with E-state index in [4.69, 9.17) is 5.73 Å². The first-order valence-corrected chi connectivity index (χ1v) is 9.49. The molecule has 0 aliphatic carbocycles. The third-order valence-corrected chi connectivity index (χ3v) is 5.54. The fourth-order valence-corrected chi connectivity index (χ4v) is 3.93. The van der Waals surface area contributed by atoms with Crippen LogP contribution in [-0.2, 0) is 6.42 Å². The maximum Gasteiger partial charge on any atom is 0.269 e. The molecule has 1 fully saturated rings. The van der Waals surface area contributed by atoms with Crippen molar-refractivity contribution in [2.24, 2.45) is 11.7 Å². The lowest BCUT2D eigenvalue weighted by atomic mass is 9.88. The highest BCUT2D eigenvalue weighted by atomic mass is 16.6. The van der Waals surface area contributed by atoms with Crippen molar-refractivity contribution in [1.29, 1.82) is 0 Å². The Morgan fingerprint density at radius 2 is 1.74 bits per heavy atom. The smallest absolute Gasteiger partial charge is 0.269 e. The highest BCUT2D eigenvalue weighted by Crippen LogP contribution is 2.28. The highest BCUT2D eigenvalue weighted by molar-refractivity contribution is 5.34. The molecule has 0 bridgehead atoms. The van der Waals surface area contributed by atoms with Crippen LogP contribution >= 0.6 is 0 Å². The molecular weight excluding hydrogens is 342 g/mol. The monoisotopic (exact) mass is 369 g/mol. The van der Waals surface area contributed by atoms with Crippen LogP contribution in [0, 0.1) is 16.0 Å². The minimum atomic E-state index is -0.749. The van der Waals surface area contributed by atoms with Gasteiger partial charge in [0.25, 0.3) is 5.69 Å². The molecule has 0 amide bonds. The van der Waals surface area contributed by atoms with E-state index in [1.165, 1.54) is 17.7 Å². The van der Waals surface area contributed by atoms with E-state index in [0.29, 0.717) is 18.0 Å². The molecule has 0 radical (unpaired) electrons. The summed E-state index contributed by atoms with van der Waals surface area (Å²) in [6, 6.07) is 16.5. The summed E-state index contributed by atoms with van der Waals surface area (Å²) in [5, 5.41) is 21.6. The van der Waals surface area contributed by atoms with Gasteiger partial charge in [0, 0.05) is 18.7 Å². The summed E-state index contributed by atoms with van der Waals surface area (Å²) in [7, 11) is 0. The predicted molar refractivity (Wildman–Crippen MR) is 105 cm³/mol. The van der Waals surface area contributed by atoms with E-state index in [-0.39, 0.29) is 11.7 Å². The maximum absolute atomic E-state index is 10.8. The van der Waals surface area contributed by atoms with E-state index in [0.717, 1.165) is 32.4 Å². The van der Waals surface area contributed by atoms with Crippen molar-refractivity contribution in [2.75, 3.05) is 19.6 Å². The minimum absolute atomic E-state index is 0.0250. The molecule has 2 atom stereocenters. The largest absolute Gasteiger partial charge is 0.387 e. The topological polar surface area (TPSA) is 92.6 Å². The fraction of sp³-hybridized carbons (Fsp3) is 0.429. The zero-order valence-electron chi connectivity index (χ0n) is 15.4. The van der Waals surface area contributed by atoms with Crippen molar-refractivity contribution in [3.05, 3.63) is 75.8 Å². The van der Waals surface area contributed by atoms with Crippen molar-refractivity contribution in [1.82, 2.24) is 4.90 Å². The molecule has 1 aliphatic rings. The zero-order chi connectivity index (χ0) is 19.2. The molecule has 2 aromatic rings. The van der Waals surface area contributed by atoms with Gasteiger partial charge in [0.15, 0.2) is 0 Å². The highest BCUT2D eigenvalue weighted by Gasteiger charge is 2.30. The molecule has 6 nitrogen and oxygen atoms in total. The van der Waals surface area contributed by atoms with Crippen LogP contribution in [0.2, 0.25) is 0 Å². The van der Waals surface area contributed by atoms with E-state index in [2.05, 4.69) is 29.2 Å². The molecule has 3 N–H and O–H groups in total. The molecule has 1 heterocycles. The lowest BCUT2D eigenvalue weighted by molar-refractivity contribution is -0.384. The number of benzene rings is 2. The quantitative estimate of drug-likeness (QED) is 0.578. The van der Waals surface area contributed by atoms with E-state index in [1.54, 1.807) is 12.1 Å². The normalized spacial score (nSPS) is 18.1. The van der Waals surface area contributed by atoms with E-state index >= 15 is 0 Å². The lowest BCUT2D eigenvalue weighted by Crippen LogP contribution is -2.48. The Morgan fingerprint density at radius 3 is 2.30 bits per heavy atom. The molecule has 3 rings (SSSR count). The van der Waals surface area contributed by atoms with E-state index in [9.17, 15) is 15.2 Å². The van der Waals surface area contributed by atoms with Crippen molar-refractivity contribution < 1.29 is 10.0 Å². The molecule has 2 unspecified atom stereocenters. The van der Waals surface area contributed by atoms with Gasteiger partial charge in [-0.25, -0.2) is 0 Å². The molecule has 2 aromatic carbocycles. The summed E-state index contributed by atoms with van der Waals surface area (Å²) in [6.07, 6.45) is 2.50. The van der Waals surface area contributed by atoms with Gasteiger partial charge in [0.2, 0.25) is 0 Å². The van der Waals surface area contributed by atoms with Gasteiger partial charge in [-0.05, 0) is 61.5 Å². The van der Waals surface area contributed by atoms with Crippen LogP contribution in [0.5, 0.6) is 0 Å². The van der Waals surface area contributed by atoms with Gasteiger partial charge in [-0.1, -0.05) is 30.3 Å². The lowest BCUT2D eigenvalue weighted by Gasteiger charge is -2.39. The van der Waals surface area contributed by atoms with Crippen LogP contribution in [-0.4, -0.2) is 40.6 Å². The first-order chi connectivity index (χ1) is 13.1. The number of likely N-dealkylation sites (tertiary alicyclic amines) is 1. The van der Waals surface area contributed by atoms with Crippen LogP contribution in [0.15, 0.2) is 54.6 Å². The molecule has 6 heteroatoms. The second-order valence-electron chi connectivity index (χ2n) is 7.27. The average Bonchev–Trinajstić information content (AvgIpc) is 2.70. The van der Waals surface area contributed by atoms with Gasteiger partial charge in [0.1, 0.15) is 0 Å². The van der Waals surface area contributed by atoms with Crippen LogP contribution in [0.4, 0.5) is 5.69 Å². The number of hydrogen-bond acceptors (Lipinski definition) is 5. The number of nitrogens with two attached hydrogens (primary N) is 1. The van der Waals surface area contributed by atoms with Crippen molar-refractivity contribution in [2.45, 2.75) is 31.4 Å². The number of nitrogens with zero attached hydrogens (tertiary/aromatic N) is 2. The molecule has 144 valence electrons. The molecular formula is C21H27N3O3. The van der Waals surface area contributed by atoms with Gasteiger partial charge in [-0.2, -0.15) is 0 Å². The first-order valence-electron chi connectivity index (χ1n) is 9.49. The maximum atomic E-state index is 10.8. The van der Waals surface area contributed by atoms with Gasteiger partial charge in [-0.3, -0.25) is 15.0 Å². The summed E-state index contributed by atoms with van der Waals surface area (Å²) >= 11 is 0. The molecule has 27 heavy (non-hydrogen) atoms. The molecule has 1 saturated heterocycles. The summed E-state index contributed by atoms with van der Waals surface area (Å²) in [5.74, 6) is 0.651. The first kappa shape index (κ1) is 19.5. The number of hydrogen-bond donors (Lipinski definition) is 2. The van der Waals surface area contributed by atoms with Crippen molar-refractivity contribution in [3.8, 4) is 0 Å². The molecule has 0 saturated carbocycles. The number of non-ortho nitro benzene ring substituents is 1. The SMILES string of the molecule is NCC(C(O)c1ccc([N+](=O)[O-])cc1)N1CCC(Cc2ccccc2)CC1. The van der Waals surface area contributed by atoms with E-state index in [1.807, 2.05) is 6.07 Å². The van der Waals surface area contributed by atoms with Gasteiger partial charge < -0.3 is 10.8 Å². The third kappa shape index (κ3) is 4.91. The van der Waals surface area contributed by atoms with Crippen LogP contribution in [0.25, 0.3) is 0 Å². The average molecular weight is 369 g/mol. The molecule has 0 aromatic heterocycles. The summed E-state index contributed by atoms with van der Waals surface area (Å²) < 4.78 is 0. The van der Waals surface area contributed by atoms with Crippen molar-refractivity contribution in [3.63, 3.8) is 0 Å². The Bertz CT molecular complexity index is 728.